The van der Waals surface area contributed by atoms with Crippen molar-refractivity contribution < 1.29 is 14.4 Å². The summed E-state index contributed by atoms with van der Waals surface area (Å²) in [5, 5.41) is 2.83. The van der Waals surface area contributed by atoms with Gasteiger partial charge in [-0.25, -0.2) is 0 Å². The second-order valence-corrected chi connectivity index (χ2v) is 4.68. The zero-order chi connectivity index (χ0) is 14.1. The molecule has 106 valence electrons. The number of imide groups is 1. The van der Waals surface area contributed by atoms with E-state index in [1.54, 1.807) is 0 Å². The topological polar surface area (TPSA) is 66.5 Å². The number of hydrogen-bond acceptors (Lipinski definition) is 3. The number of amides is 3. The summed E-state index contributed by atoms with van der Waals surface area (Å²) in [5.74, 6) is -0.330. The maximum atomic E-state index is 11.3. The van der Waals surface area contributed by atoms with Crippen molar-refractivity contribution in [2.45, 2.75) is 45.4 Å². The van der Waals surface area contributed by atoms with E-state index in [9.17, 15) is 14.4 Å². The number of nitrogens with zero attached hydrogens (tertiary/aromatic N) is 1. The maximum Gasteiger partial charge on any atom is 0.253 e. The van der Waals surface area contributed by atoms with Crippen LogP contribution >= 0.6 is 0 Å². The van der Waals surface area contributed by atoms with Gasteiger partial charge in [-0.15, -0.1) is 0 Å². The molecule has 0 aromatic rings. The molecule has 3 amide bonds. The van der Waals surface area contributed by atoms with Crippen molar-refractivity contribution in [2.75, 3.05) is 13.1 Å². The van der Waals surface area contributed by atoms with Gasteiger partial charge in [-0.3, -0.25) is 19.3 Å². The predicted octanol–water partition coefficient (Wildman–Crippen LogP) is 1.39. The molecular weight excluding hydrogens is 244 g/mol. The summed E-state index contributed by atoms with van der Waals surface area (Å²) in [6, 6.07) is 0. The molecule has 0 saturated carbocycles. The Morgan fingerprint density at radius 3 is 2.37 bits per heavy atom. The highest BCUT2D eigenvalue weighted by molar-refractivity contribution is 6.12. The van der Waals surface area contributed by atoms with Crippen LogP contribution in [0.15, 0.2) is 12.2 Å². The van der Waals surface area contributed by atoms with Crippen LogP contribution in [0.1, 0.15) is 45.4 Å². The lowest BCUT2D eigenvalue weighted by Gasteiger charge is -2.12. The minimum Gasteiger partial charge on any atom is -0.356 e. The Morgan fingerprint density at radius 2 is 1.74 bits per heavy atom. The molecule has 19 heavy (non-hydrogen) atoms. The number of unbranched alkanes of at least 4 members (excludes halogenated alkanes) is 3. The number of hydrogen-bond donors (Lipinski definition) is 1. The van der Waals surface area contributed by atoms with E-state index in [0.717, 1.165) is 38.6 Å². The van der Waals surface area contributed by atoms with Crippen molar-refractivity contribution in [1.82, 2.24) is 10.2 Å². The molecule has 0 bridgehead atoms. The Labute approximate surface area is 114 Å². The highest BCUT2D eigenvalue weighted by Gasteiger charge is 2.21. The van der Waals surface area contributed by atoms with E-state index in [2.05, 4.69) is 5.32 Å². The van der Waals surface area contributed by atoms with Gasteiger partial charge in [-0.1, -0.05) is 19.8 Å². The largest absolute Gasteiger partial charge is 0.356 e. The first-order valence-corrected chi connectivity index (χ1v) is 6.95. The molecule has 0 aromatic carbocycles. The quantitative estimate of drug-likeness (QED) is 0.506. The Kier molecular flexibility index (Phi) is 6.85. The molecule has 5 heteroatoms. The Hall–Kier alpha value is -1.65. The average molecular weight is 266 g/mol. The van der Waals surface area contributed by atoms with Crippen molar-refractivity contribution in [1.29, 1.82) is 0 Å². The summed E-state index contributed by atoms with van der Waals surface area (Å²) in [7, 11) is 0. The molecule has 0 spiro atoms. The first-order valence-electron chi connectivity index (χ1n) is 6.95. The molecule has 0 aliphatic carbocycles. The van der Waals surface area contributed by atoms with Gasteiger partial charge in [0.25, 0.3) is 11.8 Å². The summed E-state index contributed by atoms with van der Waals surface area (Å²) in [5.41, 5.74) is 0. The zero-order valence-electron chi connectivity index (χ0n) is 11.5. The fourth-order valence-corrected chi connectivity index (χ4v) is 1.91. The lowest BCUT2D eigenvalue weighted by Crippen LogP contribution is -2.30. The zero-order valence-corrected chi connectivity index (χ0v) is 11.5. The summed E-state index contributed by atoms with van der Waals surface area (Å²) in [6.07, 6.45) is 7.66. The van der Waals surface area contributed by atoms with Crippen LogP contribution in [0.3, 0.4) is 0 Å². The van der Waals surface area contributed by atoms with Crippen molar-refractivity contribution in [2.24, 2.45) is 0 Å². The molecule has 0 unspecified atom stereocenters. The van der Waals surface area contributed by atoms with Crippen LogP contribution in [0, 0.1) is 0 Å². The summed E-state index contributed by atoms with van der Waals surface area (Å²) < 4.78 is 0. The molecule has 1 N–H and O–H groups in total. The lowest BCUT2D eigenvalue weighted by atomic mass is 10.1. The highest BCUT2D eigenvalue weighted by atomic mass is 16.2. The number of rotatable bonds is 9. The van der Waals surface area contributed by atoms with Crippen LogP contribution in [0.5, 0.6) is 0 Å². The lowest BCUT2D eigenvalue weighted by molar-refractivity contribution is -0.136. The van der Waals surface area contributed by atoms with Crippen molar-refractivity contribution in [3.8, 4) is 0 Å². The van der Waals surface area contributed by atoms with Gasteiger partial charge in [0.05, 0.1) is 0 Å². The summed E-state index contributed by atoms with van der Waals surface area (Å²) in [4.78, 5) is 35.1. The molecule has 0 fully saturated rings. The minimum absolute atomic E-state index is 0.107. The smallest absolute Gasteiger partial charge is 0.253 e. The molecule has 1 heterocycles. The molecule has 0 saturated heterocycles. The second-order valence-electron chi connectivity index (χ2n) is 4.68. The van der Waals surface area contributed by atoms with Gasteiger partial charge < -0.3 is 5.32 Å². The molecule has 1 aliphatic rings. The predicted molar refractivity (Wildman–Crippen MR) is 72.2 cm³/mol. The first kappa shape index (κ1) is 15.4. The molecular formula is C14H22N2O3. The van der Waals surface area contributed by atoms with E-state index in [1.807, 2.05) is 6.92 Å². The van der Waals surface area contributed by atoms with E-state index in [4.69, 9.17) is 0 Å². The van der Waals surface area contributed by atoms with Crippen LogP contribution in [0.2, 0.25) is 0 Å². The van der Waals surface area contributed by atoms with Crippen molar-refractivity contribution in [3.05, 3.63) is 12.2 Å². The van der Waals surface area contributed by atoms with Gasteiger partial charge in [0.2, 0.25) is 5.91 Å². The molecule has 0 radical (unpaired) electrons. The molecule has 1 aliphatic heterocycles. The van der Waals surface area contributed by atoms with Crippen molar-refractivity contribution in [3.63, 3.8) is 0 Å². The normalized spacial score (nSPS) is 14.3. The molecule has 0 aromatic heterocycles. The van der Waals surface area contributed by atoms with Crippen LogP contribution in [-0.2, 0) is 14.4 Å². The van der Waals surface area contributed by atoms with Crippen LogP contribution in [-0.4, -0.2) is 35.7 Å². The monoisotopic (exact) mass is 266 g/mol. The van der Waals surface area contributed by atoms with Gasteiger partial charge in [0.1, 0.15) is 0 Å². The van der Waals surface area contributed by atoms with E-state index in [0.29, 0.717) is 13.0 Å². The average Bonchev–Trinajstić information content (AvgIpc) is 2.71. The second kappa shape index (κ2) is 8.45. The van der Waals surface area contributed by atoms with Crippen molar-refractivity contribution >= 4 is 17.7 Å². The van der Waals surface area contributed by atoms with Gasteiger partial charge in [-0.2, -0.15) is 0 Å². The Bertz CT molecular complexity index is 346. The third-order valence-corrected chi connectivity index (χ3v) is 3.01. The van der Waals surface area contributed by atoms with Gasteiger partial charge >= 0.3 is 0 Å². The van der Waals surface area contributed by atoms with E-state index in [1.165, 1.54) is 17.1 Å². The van der Waals surface area contributed by atoms with Crippen LogP contribution in [0.4, 0.5) is 0 Å². The first-order chi connectivity index (χ1) is 9.15. The number of carbonyl (C=O) groups excluding carboxylic acids is 3. The summed E-state index contributed by atoms with van der Waals surface area (Å²) in [6.45, 7) is 3.24. The van der Waals surface area contributed by atoms with E-state index >= 15 is 0 Å². The Balaban J connectivity index is 1.98. The highest BCUT2D eigenvalue weighted by Crippen LogP contribution is 2.08. The number of carbonyl (C=O) groups is 3. The van der Waals surface area contributed by atoms with Gasteiger partial charge in [0, 0.05) is 31.7 Å². The van der Waals surface area contributed by atoms with E-state index in [-0.39, 0.29) is 17.7 Å². The maximum absolute atomic E-state index is 11.3. The molecule has 1 rings (SSSR count). The van der Waals surface area contributed by atoms with Crippen LogP contribution in [0.25, 0.3) is 0 Å². The fourth-order valence-electron chi connectivity index (χ4n) is 1.91. The van der Waals surface area contributed by atoms with Gasteiger partial charge in [-0.05, 0) is 19.3 Å². The molecule has 0 atom stereocenters. The van der Waals surface area contributed by atoms with Gasteiger partial charge in [0.15, 0.2) is 0 Å². The van der Waals surface area contributed by atoms with E-state index < -0.39 is 0 Å². The summed E-state index contributed by atoms with van der Waals surface area (Å²) >= 11 is 0. The third-order valence-electron chi connectivity index (χ3n) is 3.01. The Morgan fingerprint density at radius 1 is 1.11 bits per heavy atom. The standard InChI is InChI=1S/C14H22N2O3/c1-2-10-15-12(17)7-5-3-4-6-11-16-13(18)8-9-14(16)19/h8-9H,2-7,10-11H2,1H3,(H,15,17). The third kappa shape index (κ3) is 5.68. The van der Waals surface area contributed by atoms with Crippen LogP contribution < -0.4 is 5.32 Å². The fraction of sp³-hybridized carbons (Fsp3) is 0.643. The minimum atomic E-state index is -0.219. The SMILES string of the molecule is CCCNC(=O)CCCCCCN1C(=O)C=CC1=O. The number of nitrogens with one attached hydrogen (secondary N) is 1. The molecule has 5 nitrogen and oxygen atoms in total.